The molecule has 0 fully saturated rings. The number of aromatic nitrogens is 2. The first-order chi connectivity index (χ1) is 10.6. The van der Waals surface area contributed by atoms with Crippen molar-refractivity contribution in [2.75, 3.05) is 5.32 Å². The summed E-state index contributed by atoms with van der Waals surface area (Å²) in [7, 11) is 0. The molecule has 1 unspecified atom stereocenters. The highest BCUT2D eigenvalue weighted by atomic mass is 32.1. The van der Waals surface area contributed by atoms with Gasteiger partial charge in [0.1, 0.15) is 5.82 Å². The van der Waals surface area contributed by atoms with Gasteiger partial charge in [-0.1, -0.05) is 6.07 Å². The first-order valence-corrected chi connectivity index (χ1v) is 8.37. The summed E-state index contributed by atoms with van der Waals surface area (Å²) in [5.74, 6) is 0.426. The fourth-order valence-corrected chi connectivity index (χ4v) is 4.27. The van der Waals surface area contributed by atoms with Crippen LogP contribution in [0.1, 0.15) is 35.6 Å². The van der Waals surface area contributed by atoms with Crippen LogP contribution >= 0.6 is 23.6 Å². The van der Waals surface area contributed by atoms with Crippen LogP contribution in [0, 0.1) is 4.77 Å². The number of Topliss-reactive ketones (excluding diaryl/α,β-unsaturated/α-hetero) is 1. The Morgan fingerprint density at radius 1 is 1.23 bits per heavy atom. The van der Waals surface area contributed by atoms with E-state index in [1.165, 1.54) is 0 Å². The van der Waals surface area contributed by atoms with E-state index in [2.05, 4.69) is 15.3 Å². The minimum absolute atomic E-state index is 0.125. The maximum Gasteiger partial charge on any atom is 0.258 e. The molecule has 1 aliphatic heterocycles. The molecule has 5 nitrogen and oxygen atoms in total. The van der Waals surface area contributed by atoms with Crippen molar-refractivity contribution in [1.29, 1.82) is 0 Å². The molecule has 0 saturated heterocycles. The number of allylic oxidation sites excluding steroid dienone is 2. The first kappa shape index (κ1) is 13.7. The van der Waals surface area contributed by atoms with Crippen molar-refractivity contribution >= 4 is 35.2 Å². The van der Waals surface area contributed by atoms with Gasteiger partial charge in [0.15, 0.2) is 10.6 Å². The Morgan fingerprint density at radius 3 is 2.86 bits per heavy atom. The Bertz CT molecular complexity index is 906. The van der Waals surface area contributed by atoms with E-state index in [0.29, 0.717) is 17.8 Å². The van der Waals surface area contributed by atoms with E-state index < -0.39 is 0 Å². The van der Waals surface area contributed by atoms with Gasteiger partial charge in [-0.2, -0.15) is 0 Å². The predicted molar refractivity (Wildman–Crippen MR) is 87.9 cm³/mol. The number of rotatable bonds is 1. The van der Waals surface area contributed by atoms with Crippen LogP contribution in [0.3, 0.4) is 0 Å². The van der Waals surface area contributed by atoms with Crippen LogP contribution in [0.4, 0.5) is 5.82 Å². The number of nitrogens with one attached hydrogen (secondary N) is 3. The average Bonchev–Trinajstić information content (AvgIpc) is 2.99. The number of carbonyl (C=O) groups is 1. The van der Waals surface area contributed by atoms with Crippen LogP contribution in [0.25, 0.3) is 0 Å². The van der Waals surface area contributed by atoms with Crippen molar-refractivity contribution in [3.05, 3.63) is 54.3 Å². The molecule has 4 rings (SSSR count). The number of carbonyl (C=O) groups excluding carboxylic acids is 1. The second-order valence-electron chi connectivity index (χ2n) is 5.44. The zero-order chi connectivity index (χ0) is 15.3. The van der Waals surface area contributed by atoms with Gasteiger partial charge < -0.3 is 10.3 Å². The van der Waals surface area contributed by atoms with Crippen molar-refractivity contribution in [3.8, 4) is 0 Å². The molecule has 2 aromatic rings. The van der Waals surface area contributed by atoms with E-state index in [4.69, 9.17) is 12.2 Å². The number of hydrogen-bond acceptors (Lipinski definition) is 5. The summed E-state index contributed by atoms with van der Waals surface area (Å²) in [6.07, 6.45) is 2.19. The van der Waals surface area contributed by atoms with E-state index >= 15 is 0 Å². The number of hydrogen-bond donors (Lipinski definition) is 3. The number of ketones is 1. The van der Waals surface area contributed by atoms with Crippen molar-refractivity contribution in [2.45, 2.75) is 25.2 Å². The first-order valence-electron chi connectivity index (χ1n) is 7.08. The highest BCUT2D eigenvalue weighted by molar-refractivity contribution is 7.71. The molecule has 112 valence electrons. The fourth-order valence-electron chi connectivity index (χ4n) is 3.23. The van der Waals surface area contributed by atoms with Gasteiger partial charge in [0, 0.05) is 22.6 Å². The average molecular weight is 331 g/mol. The smallest absolute Gasteiger partial charge is 0.258 e. The molecule has 1 atom stereocenters. The third-order valence-corrected chi connectivity index (χ3v) is 5.26. The van der Waals surface area contributed by atoms with Crippen LogP contribution in [-0.2, 0) is 4.79 Å². The Labute approximate surface area is 135 Å². The number of H-pyrrole nitrogens is 2. The molecule has 3 N–H and O–H groups in total. The Morgan fingerprint density at radius 2 is 2.09 bits per heavy atom. The largest absolute Gasteiger partial charge is 0.344 e. The molecule has 22 heavy (non-hydrogen) atoms. The van der Waals surface area contributed by atoms with Crippen LogP contribution in [0.15, 0.2) is 33.6 Å². The standard InChI is InChI=1S/C15H13N3O2S2/c19-8-4-1-3-7-10(8)11(9-5-2-6-22-9)12-13(16-7)17-15(21)18-14(12)20/h2,5-6,11H,1,3-4H2,(H3,16,17,18,20,21). The molecule has 0 saturated carbocycles. The van der Waals surface area contributed by atoms with Crippen LogP contribution in [0.5, 0.6) is 0 Å². The Kier molecular flexibility index (Phi) is 3.12. The Hall–Kier alpha value is -1.99. The number of fused-ring (bicyclic) bond motifs is 1. The molecular formula is C15H13N3O2S2. The van der Waals surface area contributed by atoms with Crippen LogP contribution < -0.4 is 10.9 Å². The summed E-state index contributed by atoms with van der Waals surface area (Å²) >= 11 is 6.62. The van der Waals surface area contributed by atoms with E-state index in [1.54, 1.807) is 11.3 Å². The maximum absolute atomic E-state index is 12.5. The van der Waals surface area contributed by atoms with Gasteiger partial charge >= 0.3 is 0 Å². The lowest BCUT2D eigenvalue weighted by Gasteiger charge is -2.32. The summed E-state index contributed by atoms with van der Waals surface area (Å²) < 4.78 is 0.285. The molecule has 1 aliphatic carbocycles. The summed E-state index contributed by atoms with van der Waals surface area (Å²) in [5.41, 5.74) is 1.95. The normalized spacial score (nSPS) is 20.4. The van der Waals surface area contributed by atoms with Crippen LogP contribution in [-0.4, -0.2) is 15.8 Å². The van der Waals surface area contributed by atoms with E-state index in [0.717, 1.165) is 29.0 Å². The van der Waals surface area contributed by atoms with E-state index in [9.17, 15) is 9.59 Å². The lowest BCUT2D eigenvalue weighted by Crippen LogP contribution is -2.32. The second-order valence-corrected chi connectivity index (χ2v) is 6.83. The van der Waals surface area contributed by atoms with Gasteiger partial charge in [-0.25, -0.2) is 0 Å². The molecule has 3 heterocycles. The highest BCUT2D eigenvalue weighted by Gasteiger charge is 2.37. The van der Waals surface area contributed by atoms with Gasteiger partial charge in [0.25, 0.3) is 5.56 Å². The second kappa shape index (κ2) is 5.03. The molecule has 0 aromatic carbocycles. The van der Waals surface area contributed by atoms with Gasteiger partial charge in [0.2, 0.25) is 0 Å². The van der Waals surface area contributed by atoms with Gasteiger partial charge in [-0.3, -0.25) is 14.6 Å². The van der Waals surface area contributed by atoms with E-state index in [1.807, 2.05) is 17.5 Å². The van der Waals surface area contributed by atoms with Crippen molar-refractivity contribution in [2.24, 2.45) is 0 Å². The minimum atomic E-state index is -0.311. The SMILES string of the molecule is O=C1CCCC2=C1C(c1cccs1)c1c([nH]c(=S)[nH]c1=O)N2. The predicted octanol–water partition coefficient (Wildman–Crippen LogP) is 3.06. The van der Waals surface area contributed by atoms with Crippen LogP contribution in [0.2, 0.25) is 0 Å². The molecule has 0 spiro atoms. The monoisotopic (exact) mass is 331 g/mol. The quantitative estimate of drug-likeness (QED) is 0.702. The van der Waals surface area contributed by atoms with Gasteiger partial charge in [-0.05, 0) is 36.5 Å². The van der Waals surface area contributed by atoms with Gasteiger partial charge in [-0.15, -0.1) is 11.3 Å². The summed E-state index contributed by atoms with van der Waals surface area (Å²) in [4.78, 5) is 31.6. The molecule has 0 radical (unpaired) electrons. The fraction of sp³-hybridized carbons (Fsp3) is 0.267. The minimum Gasteiger partial charge on any atom is -0.344 e. The van der Waals surface area contributed by atoms with Gasteiger partial charge in [0.05, 0.1) is 11.5 Å². The van der Waals surface area contributed by atoms with Crippen molar-refractivity contribution in [1.82, 2.24) is 9.97 Å². The third-order valence-electron chi connectivity index (χ3n) is 4.12. The van der Waals surface area contributed by atoms with Crippen molar-refractivity contribution < 1.29 is 4.79 Å². The zero-order valence-electron chi connectivity index (χ0n) is 11.6. The molecular weight excluding hydrogens is 318 g/mol. The summed E-state index contributed by atoms with van der Waals surface area (Å²) in [5, 5.41) is 5.19. The number of anilines is 1. The van der Waals surface area contributed by atoms with E-state index in [-0.39, 0.29) is 22.0 Å². The molecule has 2 aliphatic rings. The zero-order valence-corrected chi connectivity index (χ0v) is 13.2. The Balaban J connectivity index is 2.03. The summed E-state index contributed by atoms with van der Waals surface area (Å²) in [6, 6.07) is 3.91. The number of thiophene rings is 1. The molecule has 2 aromatic heterocycles. The highest BCUT2D eigenvalue weighted by Crippen LogP contribution is 2.44. The lowest BCUT2D eigenvalue weighted by atomic mass is 9.79. The molecule has 0 bridgehead atoms. The molecule has 7 heteroatoms. The lowest BCUT2D eigenvalue weighted by molar-refractivity contribution is -0.116. The van der Waals surface area contributed by atoms with Crippen molar-refractivity contribution in [3.63, 3.8) is 0 Å². The molecule has 0 amide bonds. The summed E-state index contributed by atoms with van der Waals surface area (Å²) in [6.45, 7) is 0. The maximum atomic E-state index is 12.5. The number of aromatic amines is 2. The third kappa shape index (κ3) is 2.00. The topological polar surface area (TPSA) is 77.8 Å².